The lowest BCUT2D eigenvalue weighted by atomic mass is 10.1. The maximum atomic E-state index is 13.6. The van der Waals surface area contributed by atoms with Gasteiger partial charge in [-0.3, -0.25) is 4.79 Å². The van der Waals surface area contributed by atoms with Crippen molar-refractivity contribution in [1.82, 2.24) is 4.98 Å². The second-order valence-electron chi connectivity index (χ2n) is 3.29. The van der Waals surface area contributed by atoms with Gasteiger partial charge in [0.25, 0.3) is 6.43 Å². The quantitative estimate of drug-likeness (QED) is 0.634. The number of aromatic amines is 1. The first-order valence-corrected chi connectivity index (χ1v) is 5.19. The van der Waals surface area contributed by atoms with Crippen LogP contribution in [0.2, 0.25) is 0 Å². The smallest absolute Gasteiger partial charge is 0.278 e. The molecule has 0 saturated carbocycles. The van der Waals surface area contributed by atoms with Crippen LogP contribution < -0.4 is 5.43 Å². The molecule has 0 aliphatic heterocycles. The van der Waals surface area contributed by atoms with Crippen molar-refractivity contribution in [3.8, 4) is 0 Å². The van der Waals surface area contributed by atoms with Gasteiger partial charge in [-0.15, -0.1) is 0 Å². The van der Waals surface area contributed by atoms with Gasteiger partial charge < -0.3 is 4.98 Å². The molecule has 90 valence electrons. The molecule has 2 nitrogen and oxygen atoms in total. The topological polar surface area (TPSA) is 32.9 Å². The predicted octanol–water partition coefficient (Wildman–Crippen LogP) is 3.51. The van der Waals surface area contributed by atoms with Crippen molar-refractivity contribution >= 4 is 26.8 Å². The Morgan fingerprint density at radius 1 is 1.24 bits per heavy atom. The molecule has 0 atom stereocenters. The van der Waals surface area contributed by atoms with Gasteiger partial charge in [0.2, 0.25) is 0 Å². The zero-order valence-electron chi connectivity index (χ0n) is 8.03. The normalized spacial score (nSPS) is 11.4. The van der Waals surface area contributed by atoms with Gasteiger partial charge >= 0.3 is 0 Å². The Kier molecular flexibility index (Phi) is 2.94. The van der Waals surface area contributed by atoms with Crippen LogP contribution in [0.3, 0.4) is 0 Å². The molecule has 0 saturated heterocycles. The summed E-state index contributed by atoms with van der Waals surface area (Å²) >= 11 is 2.73. The van der Waals surface area contributed by atoms with Gasteiger partial charge in [0.1, 0.15) is 5.82 Å². The van der Waals surface area contributed by atoms with Crippen LogP contribution in [-0.2, 0) is 0 Å². The third-order valence-corrected chi connectivity index (χ3v) is 2.79. The Hall–Kier alpha value is -1.37. The zero-order chi connectivity index (χ0) is 12.7. The minimum absolute atomic E-state index is 0.238. The molecule has 0 spiro atoms. The Balaban J connectivity index is 2.96. The summed E-state index contributed by atoms with van der Waals surface area (Å²) in [5.41, 5.74) is -2.30. The molecule has 1 N–H and O–H groups in total. The lowest BCUT2D eigenvalue weighted by Crippen LogP contribution is -2.09. The minimum atomic E-state index is -2.96. The van der Waals surface area contributed by atoms with Gasteiger partial charge in [0, 0.05) is 6.07 Å². The van der Waals surface area contributed by atoms with Crippen molar-refractivity contribution in [2.24, 2.45) is 0 Å². The molecule has 0 bridgehead atoms. The number of pyridine rings is 1. The molecule has 17 heavy (non-hydrogen) atoms. The van der Waals surface area contributed by atoms with Crippen LogP contribution >= 0.6 is 15.9 Å². The molecule has 1 aromatic carbocycles. The van der Waals surface area contributed by atoms with Crippen molar-refractivity contribution in [1.29, 1.82) is 0 Å². The third kappa shape index (κ3) is 1.95. The summed E-state index contributed by atoms with van der Waals surface area (Å²) in [5.74, 6) is -1.96. The van der Waals surface area contributed by atoms with Crippen LogP contribution in [0.15, 0.2) is 21.4 Å². The highest BCUT2D eigenvalue weighted by atomic mass is 79.9. The van der Waals surface area contributed by atoms with E-state index in [0.717, 1.165) is 6.07 Å². The number of hydrogen-bond acceptors (Lipinski definition) is 1. The van der Waals surface area contributed by atoms with Gasteiger partial charge in [-0.1, -0.05) is 0 Å². The monoisotopic (exact) mass is 309 g/mol. The summed E-state index contributed by atoms with van der Waals surface area (Å²) in [4.78, 5) is 13.5. The fourth-order valence-electron chi connectivity index (χ4n) is 1.46. The fourth-order valence-corrected chi connectivity index (χ4v) is 1.86. The van der Waals surface area contributed by atoms with E-state index in [9.17, 15) is 22.4 Å². The second kappa shape index (κ2) is 4.14. The Morgan fingerprint density at radius 2 is 1.88 bits per heavy atom. The van der Waals surface area contributed by atoms with Crippen LogP contribution in [0.1, 0.15) is 12.1 Å². The molecule has 0 radical (unpaired) electrons. The van der Waals surface area contributed by atoms with E-state index in [1.165, 1.54) is 0 Å². The number of halogens is 5. The minimum Gasteiger partial charge on any atom is -0.351 e. The van der Waals surface area contributed by atoms with E-state index in [1.807, 2.05) is 4.98 Å². The van der Waals surface area contributed by atoms with Gasteiger partial charge in [0.05, 0.1) is 21.1 Å². The lowest BCUT2D eigenvalue weighted by Gasteiger charge is -2.06. The van der Waals surface area contributed by atoms with E-state index < -0.39 is 40.1 Å². The van der Waals surface area contributed by atoms with Gasteiger partial charge in [0.15, 0.2) is 11.2 Å². The highest BCUT2D eigenvalue weighted by Crippen LogP contribution is 2.26. The molecule has 0 aliphatic carbocycles. The molecule has 0 aliphatic rings. The number of rotatable bonds is 1. The van der Waals surface area contributed by atoms with Gasteiger partial charge in [-0.25, -0.2) is 17.6 Å². The molecule has 2 rings (SSSR count). The fraction of sp³-hybridized carbons (Fsp3) is 0.100. The highest BCUT2D eigenvalue weighted by Gasteiger charge is 2.17. The molecular formula is C10H4BrF4NO. The summed E-state index contributed by atoms with van der Waals surface area (Å²) in [7, 11) is 0. The lowest BCUT2D eigenvalue weighted by molar-refractivity contribution is 0.146. The summed E-state index contributed by atoms with van der Waals surface area (Å²) in [5, 5.41) is -0.582. The molecule has 1 aromatic heterocycles. The first-order valence-electron chi connectivity index (χ1n) is 4.40. The first kappa shape index (κ1) is 12.1. The molecule has 0 fully saturated rings. The van der Waals surface area contributed by atoms with Crippen molar-refractivity contribution in [3.63, 3.8) is 0 Å². The largest absolute Gasteiger partial charge is 0.351 e. The molecule has 1 heterocycles. The van der Waals surface area contributed by atoms with E-state index in [-0.39, 0.29) is 4.47 Å². The molecule has 0 unspecified atom stereocenters. The van der Waals surface area contributed by atoms with Crippen LogP contribution in [-0.4, -0.2) is 4.98 Å². The van der Waals surface area contributed by atoms with E-state index in [2.05, 4.69) is 15.9 Å². The van der Waals surface area contributed by atoms with Crippen LogP contribution in [0, 0.1) is 11.6 Å². The Labute approximate surface area is 100 Å². The van der Waals surface area contributed by atoms with Gasteiger partial charge in [-0.05, 0) is 22.0 Å². The van der Waals surface area contributed by atoms with E-state index in [0.29, 0.717) is 6.07 Å². The number of H-pyrrole nitrogens is 1. The van der Waals surface area contributed by atoms with E-state index in [1.54, 1.807) is 0 Å². The molecule has 2 aromatic rings. The highest BCUT2D eigenvalue weighted by molar-refractivity contribution is 9.10. The van der Waals surface area contributed by atoms with Crippen molar-refractivity contribution < 1.29 is 17.6 Å². The van der Waals surface area contributed by atoms with Crippen LogP contribution in [0.5, 0.6) is 0 Å². The second-order valence-corrected chi connectivity index (χ2v) is 4.15. The van der Waals surface area contributed by atoms with Crippen LogP contribution in [0.4, 0.5) is 17.6 Å². The summed E-state index contributed by atoms with van der Waals surface area (Å²) < 4.78 is 51.5. The summed E-state index contributed by atoms with van der Waals surface area (Å²) in [6, 6.07) is 1.32. The van der Waals surface area contributed by atoms with E-state index in [4.69, 9.17) is 0 Å². The number of hydrogen-bond donors (Lipinski definition) is 1. The third-order valence-electron chi connectivity index (χ3n) is 2.21. The Morgan fingerprint density at radius 3 is 2.47 bits per heavy atom. The number of nitrogens with one attached hydrogen (secondary N) is 1. The average Bonchev–Trinajstić information content (AvgIpc) is 2.25. The standard InChI is InChI=1S/C10H4BrF4NO/c11-3-1-4(12)9-7(8(3)13)6(17)2-5(16-9)10(14)15/h1-2,10H,(H,16,17). The zero-order valence-corrected chi connectivity index (χ0v) is 9.62. The van der Waals surface area contributed by atoms with E-state index >= 15 is 0 Å². The molecule has 0 amide bonds. The van der Waals surface area contributed by atoms with Gasteiger partial charge in [-0.2, -0.15) is 0 Å². The van der Waals surface area contributed by atoms with Crippen molar-refractivity contribution in [2.75, 3.05) is 0 Å². The summed E-state index contributed by atoms with van der Waals surface area (Å²) in [6.45, 7) is 0. The molecule has 7 heteroatoms. The number of benzene rings is 1. The maximum Gasteiger partial charge on any atom is 0.278 e. The number of fused-ring (bicyclic) bond motifs is 1. The average molecular weight is 310 g/mol. The predicted molar refractivity (Wildman–Crippen MR) is 57.1 cm³/mol. The van der Waals surface area contributed by atoms with Crippen molar-refractivity contribution in [2.45, 2.75) is 6.43 Å². The van der Waals surface area contributed by atoms with Crippen LogP contribution in [0.25, 0.3) is 10.9 Å². The van der Waals surface area contributed by atoms with Crippen molar-refractivity contribution in [3.05, 3.63) is 44.2 Å². The first-order chi connectivity index (χ1) is 7.91. The maximum absolute atomic E-state index is 13.6. The number of alkyl halides is 2. The summed E-state index contributed by atoms with van der Waals surface area (Å²) in [6.07, 6.45) is -2.96. The Bertz CT molecular complexity index is 653. The SMILES string of the molecule is O=c1cc(C(F)F)[nH]c2c(F)cc(Br)c(F)c12. The molecular weight excluding hydrogens is 306 g/mol. The number of aromatic nitrogens is 1.